The highest BCUT2D eigenvalue weighted by Crippen LogP contribution is 2.26. The van der Waals surface area contributed by atoms with E-state index in [2.05, 4.69) is 5.32 Å². The van der Waals surface area contributed by atoms with Crippen molar-refractivity contribution < 1.29 is 22.2 Å². The average Bonchev–Trinajstić information content (AvgIpc) is 2.96. The number of rotatable bonds is 4. The SMILES string of the molecule is Cc1ccc(-c2ccc(OS(=O)(=O)c3ccc4c(c3)C(=O)NC4=O)cc2)cc1. The number of imide groups is 1. The van der Waals surface area contributed by atoms with E-state index in [-0.39, 0.29) is 21.8 Å². The van der Waals surface area contributed by atoms with E-state index >= 15 is 0 Å². The number of fused-ring (bicyclic) bond motifs is 1. The van der Waals surface area contributed by atoms with Gasteiger partial charge in [-0.3, -0.25) is 14.9 Å². The van der Waals surface area contributed by atoms with Gasteiger partial charge >= 0.3 is 10.1 Å². The molecule has 3 aromatic rings. The predicted octanol–water partition coefficient (Wildman–Crippen LogP) is 3.31. The Bertz CT molecular complexity index is 1200. The molecular weight excluding hydrogens is 378 g/mol. The van der Waals surface area contributed by atoms with E-state index < -0.39 is 21.9 Å². The van der Waals surface area contributed by atoms with E-state index in [1.807, 2.05) is 31.2 Å². The zero-order valence-corrected chi connectivity index (χ0v) is 15.6. The van der Waals surface area contributed by atoms with Crippen LogP contribution >= 0.6 is 0 Å². The number of carbonyl (C=O) groups is 2. The summed E-state index contributed by atoms with van der Waals surface area (Å²) in [6.07, 6.45) is 0. The van der Waals surface area contributed by atoms with Crippen LogP contribution in [0.4, 0.5) is 0 Å². The molecule has 0 atom stereocenters. The number of nitrogens with one attached hydrogen (secondary N) is 1. The smallest absolute Gasteiger partial charge is 0.339 e. The predicted molar refractivity (Wildman–Crippen MR) is 103 cm³/mol. The summed E-state index contributed by atoms with van der Waals surface area (Å²) in [4.78, 5) is 23.1. The Morgan fingerprint density at radius 3 is 1.96 bits per heavy atom. The van der Waals surface area contributed by atoms with Crippen LogP contribution in [0.25, 0.3) is 11.1 Å². The van der Waals surface area contributed by atoms with Crippen LogP contribution in [0.2, 0.25) is 0 Å². The summed E-state index contributed by atoms with van der Waals surface area (Å²) in [6.45, 7) is 2.00. The Labute approximate surface area is 161 Å². The molecule has 0 aliphatic carbocycles. The highest BCUT2D eigenvalue weighted by atomic mass is 32.2. The lowest BCUT2D eigenvalue weighted by Crippen LogP contribution is -2.19. The number of benzene rings is 3. The first-order chi connectivity index (χ1) is 13.3. The number of hydrogen-bond donors (Lipinski definition) is 1. The van der Waals surface area contributed by atoms with Gasteiger partial charge in [0, 0.05) is 0 Å². The molecule has 0 radical (unpaired) electrons. The molecule has 1 aliphatic rings. The van der Waals surface area contributed by atoms with Gasteiger partial charge in [-0.1, -0.05) is 42.0 Å². The minimum absolute atomic E-state index is 0.0180. The number of amides is 2. The van der Waals surface area contributed by atoms with Crippen molar-refractivity contribution in [3.05, 3.63) is 83.4 Å². The van der Waals surface area contributed by atoms with Gasteiger partial charge in [-0.05, 0) is 48.4 Å². The van der Waals surface area contributed by atoms with Crippen LogP contribution < -0.4 is 9.50 Å². The highest BCUT2D eigenvalue weighted by molar-refractivity contribution is 7.87. The number of hydrogen-bond acceptors (Lipinski definition) is 5. The second-order valence-electron chi connectivity index (χ2n) is 6.42. The summed E-state index contributed by atoms with van der Waals surface area (Å²) in [5.74, 6) is -1.02. The second-order valence-corrected chi connectivity index (χ2v) is 7.96. The van der Waals surface area contributed by atoms with Gasteiger partial charge in [0.05, 0.1) is 11.1 Å². The molecule has 1 aliphatic heterocycles. The standard InChI is InChI=1S/C21H15NO5S/c1-13-2-4-14(5-3-13)15-6-8-16(9-7-15)27-28(25,26)17-10-11-18-19(12-17)21(24)22-20(18)23/h2-12H,1H3,(H,22,23,24). The van der Waals surface area contributed by atoms with Crippen molar-refractivity contribution in [2.75, 3.05) is 0 Å². The number of aryl methyl sites for hydroxylation is 1. The van der Waals surface area contributed by atoms with Crippen LogP contribution in [-0.2, 0) is 10.1 Å². The molecule has 1 heterocycles. The molecular formula is C21H15NO5S. The maximum atomic E-state index is 12.5. The fourth-order valence-corrected chi connectivity index (χ4v) is 3.88. The van der Waals surface area contributed by atoms with Gasteiger partial charge in [-0.25, -0.2) is 0 Å². The van der Waals surface area contributed by atoms with Crippen molar-refractivity contribution in [2.45, 2.75) is 11.8 Å². The summed E-state index contributed by atoms with van der Waals surface area (Å²) < 4.78 is 30.3. The highest BCUT2D eigenvalue weighted by Gasteiger charge is 2.29. The van der Waals surface area contributed by atoms with Crippen molar-refractivity contribution in [1.82, 2.24) is 5.32 Å². The molecule has 0 bridgehead atoms. The summed E-state index contributed by atoms with van der Waals surface area (Å²) in [5, 5.41) is 2.12. The molecule has 1 N–H and O–H groups in total. The van der Waals surface area contributed by atoms with E-state index in [0.717, 1.165) is 22.8 Å². The van der Waals surface area contributed by atoms with Gasteiger partial charge < -0.3 is 4.18 Å². The first kappa shape index (κ1) is 17.9. The van der Waals surface area contributed by atoms with Crippen LogP contribution in [0, 0.1) is 6.92 Å². The molecule has 28 heavy (non-hydrogen) atoms. The third kappa shape index (κ3) is 3.27. The first-order valence-electron chi connectivity index (χ1n) is 8.45. The van der Waals surface area contributed by atoms with Gasteiger partial charge in [0.15, 0.2) is 0 Å². The Balaban J connectivity index is 1.58. The molecule has 0 saturated heterocycles. The molecule has 0 spiro atoms. The van der Waals surface area contributed by atoms with Crippen molar-refractivity contribution in [3.8, 4) is 16.9 Å². The maximum absolute atomic E-state index is 12.5. The summed E-state index contributed by atoms with van der Waals surface area (Å²) in [7, 11) is -4.15. The summed E-state index contributed by atoms with van der Waals surface area (Å²) >= 11 is 0. The largest absolute Gasteiger partial charge is 0.379 e. The number of carbonyl (C=O) groups excluding carboxylic acids is 2. The lowest BCUT2D eigenvalue weighted by atomic mass is 10.0. The van der Waals surface area contributed by atoms with Gasteiger partial charge in [0.1, 0.15) is 10.6 Å². The van der Waals surface area contributed by atoms with E-state index in [1.54, 1.807) is 24.3 Å². The molecule has 140 valence electrons. The van der Waals surface area contributed by atoms with Crippen LogP contribution in [0.5, 0.6) is 5.75 Å². The molecule has 0 aromatic heterocycles. The third-order valence-corrected chi connectivity index (χ3v) is 5.68. The van der Waals surface area contributed by atoms with Gasteiger partial charge in [-0.2, -0.15) is 8.42 Å². The van der Waals surface area contributed by atoms with Crippen LogP contribution in [-0.4, -0.2) is 20.2 Å². The zero-order valence-electron chi connectivity index (χ0n) is 14.8. The van der Waals surface area contributed by atoms with Crippen LogP contribution in [0.1, 0.15) is 26.3 Å². The lowest BCUT2D eigenvalue weighted by Gasteiger charge is -2.09. The molecule has 7 heteroatoms. The van der Waals surface area contributed by atoms with E-state index in [1.165, 1.54) is 12.1 Å². The molecule has 3 aromatic carbocycles. The van der Waals surface area contributed by atoms with Gasteiger partial charge in [0.2, 0.25) is 0 Å². The second kappa shape index (κ2) is 6.61. The maximum Gasteiger partial charge on any atom is 0.339 e. The van der Waals surface area contributed by atoms with Crippen LogP contribution in [0.15, 0.2) is 71.6 Å². The molecule has 0 fully saturated rings. The van der Waals surface area contributed by atoms with Crippen molar-refractivity contribution >= 4 is 21.9 Å². The average molecular weight is 393 g/mol. The van der Waals surface area contributed by atoms with E-state index in [0.29, 0.717) is 0 Å². The zero-order chi connectivity index (χ0) is 19.9. The molecule has 4 rings (SSSR count). The Kier molecular flexibility index (Phi) is 4.24. The topological polar surface area (TPSA) is 89.5 Å². The first-order valence-corrected chi connectivity index (χ1v) is 9.86. The Morgan fingerprint density at radius 2 is 1.32 bits per heavy atom. The minimum Gasteiger partial charge on any atom is -0.379 e. The minimum atomic E-state index is -4.15. The van der Waals surface area contributed by atoms with E-state index in [9.17, 15) is 18.0 Å². The van der Waals surface area contributed by atoms with Crippen LogP contribution in [0.3, 0.4) is 0 Å². The van der Waals surface area contributed by atoms with Crippen molar-refractivity contribution in [1.29, 1.82) is 0 Å². The fraction of sp³-hybridized carbons (Fsp3) is 0.0476. The molecule has 2 amide bonds. The van der Waals surface area contributed by atoms with Gasteiger partial charge in [0.25, 0.3) is 11.8 Å². The quantitative estimate of drug-likeness (QED) is 0.543. The monoisotopic (exact) mass is 393 g/mol. The molecule has 6 nitrogen and oxygen atoms in total. The van der Waals surface area contributed by atoms with Crippen molar-refractivity contribution in [3.63, 3.8) is 0 Å². The normalized spacial score (nSPS) is 13.2. The van der Waals surface area contributed by atoms with E-state index in [4.69, 9.17) is 4.18 Å². The molecule has 0 saturated carbocycles. The third-order valence-electron chi connectivity index (χ3n) is 4.44. The Morgan fingerprint density at radius 1 is 0.750 bits per heavy atom. The fourth-order valence-electron chi connectivity index (χ4n) is 2.93. The summed E-state index contributed by atoms with van der Waals surface area (Å²) in [6, 6.07) is 18.3. The van der Waals surface area contributed by atoms with Gasteiger partial charge in [-0.15, -0.1) is 0 Å². The molecule has 0 unspecified atom stereocenters. The lowest BCUT2D eigenvalue weighted by molar-refractivity contribution is 0.0879. The van der Waals surface area contributed by atoms with Crippen molar-refractivity contribution in [2.24, 2.45) is 0 Å². The summed E-state index contributed by atoms with van der Waals surface area (Å²) in [5.41, 5.74) is 3.25. The Hall–Kier alpha value is -3.45.